The van der Waals surface area contributed by atoms with Crippen molar-refractivity contribution in [1.82, 2.24) is 4.30 Å². The van der Waals surface area contributed by atoms with Gasteiger partial charge in [0.1, 0.15) is 0 Å². The monoisotopic (exact) mass is 133 g/mol. The first-order valence-corrected chi connectivity index (χ1v) is 3.48. The van der Waals surface area contributed by atoms with Crippen LogP contribution in [0.4, 0.5) is 0 Å². The van der Waals surface area contributed by atoms with E-state index >= 15 is 0 Å². The van der Waals surface area contributed by atoms with Crippen LogP contribution in [0, 0.1) is 0 Å². The summed E-state index contributed by atoms with van der Waals surface area (Å²) in [6.07, 6.45) is 0. The Kier molecular flexibility index (Phi) is 2.79. The van der Waals surface area contributed by atoms with Gasteiger partial charge in [0.15, 0.2) is 0 Å². The standard InChI is InChI=1S/C7H8N.Al/c8-6-7-4-2-1-3-5-7;/h1-5,8H,6H2;/q-1;+3. The molecule has 0 aliphatic rings. The van der Waals surface area contributed by atoms with Gasteiger partial charge in [0.25, 0.3) is 0 Å². The average Bonchev–Trinajstić information content (AvgIpc) is 1.91. The zero-order valence-corrected chi connectivity index (χ0v) is 6.33. The molecule has 0 saturated carbocycles. The predicted molar refractivity (Wildman–Crippen MR) is 39.0 cm³/mol. The Bertz CT molecular complexity index is 162. The van der Waals surface area contributed by atoms with E-state index in [2.05, 4.69) is 32.9 Å². The van der Waals surface area contributed by atoms with E-state index in [-0.39, 0.29) is 0 Å². The number of hydrogen-bond donors (Lipinski definition) is 1. The summed E-state index contributed by atoms with van der Waals surface area (Å²) >= 11 is 2.48. The minimum absolute atomic E-state index is 0.922. The average molecular weight is 133 g/mol. The molecule has 0 aliphatic heterocycles. The molecule has 42 valence electrons. The summed E-state index contributed by atoms with van der Waals surface area (Å²) in [5.74, 6) is 0. The summed E-state index contributed by atoms with van der Waals surface area (Å²) in [7, 11) is 0. The summed E-state index contributed by atoms with van der Waals surface area (Å²) in [6, 6.07) is 10.3. The first-order chi connectivity index (χ1) is 4.43. The summed E-state index contributed by atoms with van der Waals surface area (Å²) in [4.78, 5) is 0. The van der Waals surface area contributed by atoms with Crippen molar-refractivity contribution in [2.24, 2.45) is 0 Å². The van der Waals surface area contributed by atoms with Gasteiger partial charge in [-0.05, 0) is 0 Å². The van der Waals surface area contributed by atoms with E-state index in [4.69, 9.17) is 0 Å². The molecule has 1 aromatic carbocycles. The molecular weight excluding hydrogens is 125 g/mol. The van der Waals surface area contributed by atoms with Crippen molar-refractivity contribution in [1.29, 1.82) is 0 Å². The van der Waals surface area contributed by atoms with Gasteiger partial charge in [-0.2, -0.15) is 0 Å². The molecule has 0 heterocycles. The van der Waals surface area contributed by atoms with Gasteiger partial charge >= 0.3 is 63.3 Å². The van der Waals surface area contributed by atoms with Crippen molar-refractivity contribution >= 4 is 16.5 Å². The third-order valence-electron chi connectivity index (χ3n) is 1.15. The van der Waals surface area contributed by atoms with Gasteiger partial charge in [-0.1, -0.05) is 0 Å². The molecular formula is C7H8AlN+2. The minimum atomic E-state index is 0.922. The molecule has 0 fully saturated rings. The van der Waals surface area contributed by atoms with Gasteiger partial charge in [0.05, 0.1) is 0 Å². The Hall–Kier alpha value is -0.288. The summed E-state index contributed by atoms with van der Waals surface area (Å²) < 4.78 is 3.00. The number of benzene rings is 1. The SMILES string of the molecule is [Al+2][NH]Cc1ccccc1. The first-order valence-electron chi connectivity index (χ1n) is 2.91. The second kappa shape index (κ2) is 3.68. The summed E-state index contributed by atoms with van der Waals surface area (Å²) in [6.45, 7) is 0.922. The summed E-state index contributed by atoms with van der Waals surface area (Å²) in [5.41, 5.74) is 1.31. The Morgan fingerprint density at radius 1 is 1.22 bits per heavy atom. The van der Waals surface area contributed by atoms with E-state index in [9.17, 15) is 0 Å². The van der Waals surface area contributed by atoms with Gasteiger partial charge in [-0.25, -0.2) is 0 Å². The fourth-order valence-electron chi connectivity index (χ4n) is 0.714. The van der Waals surface area contributed by atoms with Crippen LogP contribution in [0.25, 0.3) is 0 Å². The first kappa shape index (κ1) is 6.83. The molecule has 0 saturated heterocycles. The van der Waals surface area contributed by atoms with E-state index in [1.54, 1.807) is 0 Å². The van der Waals surface area contributed by atoms with Crippen LogP contribution in [-0.4, -0.2) is 16.5 Å². The van der Waals surface area contributed by atoms with Gasteiger partial charge in [0.2, 0.25) is 0 Å². The third kappa shape index (κ3) is 2.19. The van der Waals surface area contributed by atoms with Gasteiger partial charge < -0.3 is 0 Å². The number of rotatable bonds is 2. The van der Waals surface area contributed by atoms with Crippen LogP contribution in [0.3, 0.4) is 0 Å². The fraction of sp³-hybridized carbons (Fsp3) is 0.143. The molecule has 0 radical (unpaired) electrons. The molecule has 9 heavy (non-hydrogen) atoms. The molecule has 0 aromatic heterocycles. The number of hydrogen-bond acceptors (Lipinski definition) is 1. The van der Waals surface area contributed by atoms with Crippen LogP contribution in [-0.2, 0) is 6.54 Å². The van der Waals surface area contributed by atoms with Crippen molar-refractivity contribution in [2.45, 2.75) is 6.54 Å². The molecule has 1 nitrogen and oxygen atoms in total. The maximum absolute atomic E-state index is 3.00. The van der Waals surface area contributed by atoms with Crippen LogP contribution in [0.2, 0.25) is 0 Å². The quantitative estimate of drug-likeness (QED) is 0.590. The summed E-state index contributed by atoms with van der Waals surface area (Å²) in [5, 5.41) is 0. The molecule has 2 heteroatoms. The zero-order chi connectivity index (χ0) is 6.53. The van der Waals surface area contributed by atoms with Crippen molar-refractivity contribution in [2.75, 3.05) is 0 Å². The molecule has 0 amide bonds. The predicted octanol–water partition coefficient (Wildman–Crippen LogP) is 0.860. The van der Waals surface area contributed by atoms with E-state index in [1.165, 1.54) is 5.56 Å². The molecule has 1 rings (SSSR count). The van der Waals surface area contributed by atoms with E-state index in [0.29, 0.717) is 0 Å². The van der Waals surface area contributed by atoms with E-state index < -0.39 is 0 Å². The zero-order valence-electron chi connectivity index (χ0n) is 5.17. The molecule has 0 spiro atoms. The van der Waals surface area contributed by atoms with Gasteiger partial charge in [-0.15, -0.1) is 0 Å². The Morgan fingerprint density at radius 3 is 2.44 bits per heavy atom. The molecule has 1 N–H and O–H groups in total. The normalized spacial score (nSPS) is 9.56. The van der Waals surface area contributed by atoms with Crippen molar-refractivity contribution in [3.8, 4) is 0 Å². The van der Waals surface area contributed by atoms with Crippen molar-refractivity contribution in [3.05, 3.63) is 35.9 Å². The molecule has 0 aliphatic carbocycles. The topological polar surface area (TPSA) is 12.0 Å². The molecule has 0 unspecified atom stereocenters. The second-order valence-corrected chi connectivity index (χ2v) is 2.27. The van der Waals surface area contributed by atoms with Crippen molar-refractivity contribution in [3.63, 3.8) is 0 Å². The Labute approximate surface area is 63.7 Å². The van der Waals surface area contributed by atoms with Crippen LogP contribution in [0.1, 0.15) is 5.56 Å². The van der Waals surface area contributed by atoms with Gasteiger partial charge in [0, 0.05) is 0 Å². The maximum atomic E-state index is 3.00. The Morgan fingerprint density at radius 2 is 1.89 bits per heavy atom. The molecule has 1 aromatic rings. The second-order valence-electron chi connectivity index (χ2n) is 1.87. The van der Waals surface area contributed by atoms with Crippen LogP contribution in [0.15, 0.2) is 30.3 Å². The van der Waals surface area contributed by atoms with E-state index in [1.807, 2.05) is 18.2 Å². The third-order valence-corrected chi connectivity index (χ3v) is 1.35. The molecule has 0 bridgehead atoms. The molecule has 0 atom stereocenters. The van der Waals surface area contributed by atoms with Crippen LogP contribution >= 0.6 is 0 Å². The number of nitrogens with one attached hydrogen (secondary N) is 1. The van der Waals surface area contributed by atoms with Crippen LogP contribution < -0.4 is 4.30 Å². The van der Waals surface area contributed by atoms with E-state index in [0.717, 1.165) is 6.54 Å². The van der Waals surface area contributed by atoms with Crippen LogP contribution in [0.5, 0.6) is 0 Å². The van der Waals surface area contributed by atoms with Gasteiger partial charge in [-0.3, -0.25) is 0 Å². The van der Waals surface area contributed by atoms with Crippen molar-refractivity contribution < 1.29 is 0 Å². The fourth-order valence-corrected chi connectivity index (χ4v) is 0.949. The Balaban J connectivity index is 2.61.